The Morgan fingerprint density at radius 1 is 1.00 bits per heavy atom. The van der Waals surface area contributed by atoms with Crippen molar-refractivity contribution >= 4 is 17.5 Å². The van der Waals surface area contributed by atoms with E-state index in [9.17, 15) is 4.79 Å². The maximum absolute atomic E-state index is 12.4. The SMILES string of the molecule is CCOc1ccc(C(=O)CSc2nnc(-c3cc(OC)c(OC)c(OC)c3)o2)cc1. The van der Waals surface area contributed by atoms with E-state index in [0.29, 0.717) is 35.0 Å². The zero-order valence-corrected chi connectivity index (χ0v) is 17.9. The van der Waals surface area contributed by atoms with Gasteiger partial charge in [-0.15, -0.1) is 10.2 Å². The summed E-state index contributed by atoms with van der Waals surface area (Å²) in [7, 11) is 4.59. The van der Waals surface area contributed by atoms with Crippen LogP contribution in [0.5, 0.6) is 23.0 Å². The van der Waals surface area contributed by atoms with E-state index >= 15 is 0 Å². The number of hydrogen-bond acceptors (Lipinski definition) is 9. The third kappa shape index (κ3) is 4.85. The van der Waals surface area contributed by atoms with E-state index in [0.717, 1.165) is 5.75 Å². The van der Waals surface area contributed by atoms with E-state index in [1.165, 1.54) is 33.1 Å². The van der Waals surface area contributed by atoms with E-state index in [1.54, 1.807) is 36.4 Å². The highest BCUT2D eigenvalue weighted by atomic mass is 32.2. The smallest absolute Gasteiger partial charge is 0.277 e. The van der Waals surface area contributed by atoms with Gasteiger partial charge in [0, 0.05) is 11.1 Å². The molecule has 0 amide bonds. The quantitative estimate of drug-likeness (QED) is 0.347. The zero-order valence-electron chi connectivity index (χ0n) is 17.1. The molecule has 30 heavy (non-hydrogen) atoms. The Hall–Kier alpha value is -3.20. The normalized spacial score (nSPS) is 10.5. The number of Topliss-reactive ketones (excluding diaryl/α,β-unsaturated/α-hetero) is 1. The molecule has 0 aliphatic rings. The molecule has 3 rings (SSSR count). The first-order chi connectivity index (χ1) is 14.6. The summed E-state index contributed by atoms with van der Waals surface area (Å²) in [6.45, 7) is 2.49. The first kappa shape index (κ1) is 21.5. The lowest BCUT2D eigenvalue weighted by molar-refractivity contribution is 0.102. The molecule has 158 valence electrons. The molecule has 9 heteroatoms. The van der Waals surface area contributed by atoms with Gasteiger partial charge in [0.2, 0.25) is 11.6 Å². The Labute approximate surface area is 178 Å². The molecule has 0 unspecified atom stereocenters. The van der Waals surface area contributed by atoms with Crippen LogP contribution in [-0.2, 0) is 0 Å². The average Bonchev–Trinajstić information content (AvgIpc) is 3.26. The van der Waals surface area contributed by atoms with Gasteiger partial charge in [0.05, 0.1) is 33.7 Å². The highest BCUT2D eigenvalue weighted by Crippen LogP contribution is 2.41. The molecular formula is C21H22N2O6S. The first-order valence-corrected chi connectivity index (χ1v) is 10.1. The van der Waals surface area contributed by atoms with Crippen LogP contribution in [0.25, 0.3) is 11.5 Å². The number of aromatic nitrogens is 2. The summed E-state index contributed by atoms with van der Waals surface area (Å²) in [5, 5.41) is 8.36. The van der Waals surface area contributed by atoms with E-state index in [4.69, 9.17) is 23.4 Å². The van der Waals surface area contributed by atoms with Crippen LogP contribution < -0.4 is 18.9 Å². The van der Waals surface area contributed by atoms with Gasteiger partial charge in [-0.25, -0.2) is 0 Å². The number of thioether (sulfide) groups is 1. The summed E-state index contributed by atoms with van der Waals surface area (Å²) in [6.07, 6.45) is 0. The molecule has 0 saturated carbocycles. The molecule has 0 fully saturated rings. The van der Waals surface area contributed by atoms with Gasteiger partial charge in [-0.3, -0.25) is 4.79 Å². The second-order valence-electron chi connectivity index (χ2n) is 5.96. The molecule has 0 spiro atoms. The molecule has 3 aromatic rings. The number of rotatable bonds is 10. The van der Waals surface area contributed by atoms with Gasteiger partial charge < -0.3 is 23.4 Å². The molecule has 1 heterocycles. The Kier molecular flexibility index (Phi) is 7.18. The van der Waals surface area contributed by atoms with E-state index < -0.39 is 0 Å². The Morgan fingerprint density at radius 2 is 1.67 bits per heavy atom. The lowest BCUT2D eigenvalue weighted by atomic mass is 10.1. The van der Waals surface area contributed by atoms with Crippen molar-refractivity contribution in [3.05, 3.63) is 42.0 Å². The largest absolute Gasteiger partial charge is 0.494 e. The Balaban J connectivity index is 1.70. The monoisotopic (exact) mass is 430 g/mol. The molecular weight excluding hydrogens is 408 g/mol. The number of methoxy groups -OCH3 is 3. The van der Waals surface area contributed by atoms with Gasteiger partial charge in [0.15, 0.2) is 17.3 Å². The van der Waals surface area contributed by atoms with Crippen molar-refractivity contribution in [1.82, 2.24) is 10.2 Å². The maximum atomic E-state index is 12.4. The molecule has 0 bridgehead atoms. The Bertz CT molecular complexity index is 978. The van der Waals surface area contributed by atoms with Crippen molar-refractivity contribution in [3.8, 4) is 34.5 Å². The third-order valence-electron chi connectivity index (χ3n) is 4.13. The van der Waals surface area contributed by atoms with Crippen LogP contribution in [0.3, 0.4) is 0 Å². The van der Waals surface area contributed by atoms with Gasteiger partial charge in [-0.2, -0.15) is 0 Å². The number of hydrogen-bond donors (Lipinski definition) is 0. The minimum absolute atomic E-state index is 0.0458. The summed E-state index contributed by atoms with van der Waals surface area (Å²) >= 11 is 1.17. The summed E-state index contributed by atoms with van der Waals surface area (Å²) in [5.41, 5.74) is 1.21. The topological polar surface area (TPSA) is 92.9 Å². The summed E-state index contributed by atoms with van der Waals surface area (Å²) in [6, 6.07) is 10.5. The van der Waals surface area contributed by atoms with Crippen LogP contribution in [0.2, 0.25) is 0 Å². The fourth-order valence-corrected chi connectivity index (χ4v) is 3.36. The van der Waals surface area contributed by atoms with E-state index in [1.807, 2.05) is 6.92 Å². The highest BCUT2D eigenvalue weighted by Gasteiger charge is 2.18. The molecule has 0 atom stereocenters. The number of carbonyl (C=O) groups excluding carboxylic acids is 1. The van der Waals surface area contributed by atoms with Gasteiger partial charge in [0.25, 0.3) is 5.22 Å². The van der Waals surface area contributed by atoms with Crippen molar-refractivity contribution < 1.29 is 28.2 Å². The molecule has 8 nitrogen and oxygen atoms in total. The predicted molar refractivity (Wildman–Crippen MR) is 112 cm³/mol. The van der Waals surface area contributed by atoms with Crippen LogP contribution in [-0.4, -0.2) is 49.7 Å². The van der Waals surface area contributed by atoms with Crippen LogP contribution in [0.1, 0.15) is 17.3 Å². The maximum Gasteiger partial charge on any atom is 0.277 e. The summed E-state index contributed by atoms with van der Waals surface area (Å²) in [4.78, 5) is 12.4. The van der Waals surface area contributed by atoms with Crippen molar-refractivity contribution in [2.75, 3.05) is 33.7 Å². The third-order valence-corrected chi connectivity index (χ3v) is 4.95. The van der Waals surface area contributed by atoms with E-state index in [2.05, 4.69) is 10.2 Å². The summed E-state index contributed by atoms with van der Waals surface area (Å²) < 4.78 is 27.1. The van der Waals surface area contributed by atoms with Crippen molar-refractivity contribution in [2.45, 2.75) is 12.1 Å². The van der Waals surface area contributed by atoms with Gasteiger partial charge in [-0.05, 0) is 43.3 Å². The number of nitrogens with zero attached hydrogens (tertiary/aromatic N) is 2. The van der Waals surface area contributed by atoms with Crippen LogP contribution in [0.15, 0.2) is 46.0 Å². The standard InChI is InChI=1S/C21H22N2O6S/c1-5-28-15-8-6-13(7-9-15)16(24)12-30-21-23-22-20(29-21)14-10-17(25-2)19(27-4)18(11-14)26-3/h6-11H,5,12H2,1-4H3. The molecule has 1 aromatic heterocycles. The minimum Gasteiger partial charge on any atom is -0.494 e. The molecule has 0 radical (unpaired) electrons. The number of carbonyl (C=O) groups is 1. The number of ketones is 1. The first-order valence-electron chi connectivity index (χ1n) is 9.12. The van der Waals surface area contributed by atoms with Crippen molar-refractivity contribution in [1.29, 1.82) is 0 Å². The number of benzene rings is 2. The lowest BCUT2D eigenvalue weighted by Crippen LogP contribution is -2.02. The van der Waals surface area contributed by atoms with Gasteiger partial charge in [0.1, 0.15) is 5.75 Å². The van der Waals surface area contributed by atoms with Crippen molar-refractivity contribution in [2.24, 2.45) is 0 Å². The van der Waals surface area contributed by atoms with E-state index in [-0.39, 0.29) is 22.6 Å². The molecule has 0 aliphatic carbocycles. The average molecular weight is 430 g/mol. The predicted octanol–water partition coefficient (Wildman–Crippen LogP) is 4.14. The highest BCUT2D eigenvalue weighted by molar-refractivity contribution is 7.99. The molecule has 0 aliphatic heterocycles. The Morgan fingerprint density at radius 3 is 2.23 bits per heavy atom. The van der Waals surface area contributed by atoms with Crippen molar-refractivity contribution in [3.63, 3.8) is 0 Å². The summed E-state index contributed by atoms with van der Waals surface area (Å²) in [5.74, 6) is 2.56. The lowest BCUT2D eigenvalue weighted by Gasteiger charge is -2.12. The van der Waals surface area contributed by atoms with Crippen LogP contribution in [0.4, 0.5) is 0 Å². The second-order valence-corrected chi connectivity index (χ2v) is 6.88. The van der Waals surface area contributed by atoms with Gasteiger partial charge in [-0.1, -0.05) is 11.8 Å². The zero-order chi connectivity index (χ0) is 21.5. The molecule has 0 N–H and O–H groups in total. The second kappa shape index (κ2) is 10.0. The fraction of sp³-hybridized carbons (Fsp3) is 0.286. The molecule has 2 aromatic carbocycles. The van der Waals surface area contributed by atoms with Crippen LogP contribution >= 0.6 is 11.8 Å². The number of ether oxygens (including phenoxy) is 4. The van der Waals surface area contributed by atoms with Gasteiger partial charge >= 0.3 is 0 Å². The van der Waals surface area contributed by atoms with Crippen LogP contribution in [0, 0.1) is 0 Å². The molecule has 0 saturated heterocycles. The minimum atomic E-state index is -0.0458. The fourth-order valence-electron chi connectivity index (χ4n) is 2.70.